The summed E-state index contributed by atoms with van der Waals surface area (Å²) in [5, 5.41) is 9.35. The number of hydrogen-bond donors (Lipinski definition) is 2. The fourth-order valence-electron chi connectivity index (χ4n) is 2.69. The van der Waals surface area contributed by atoms with Crippen molar-refractivity contribution in [3.63, 3.8) is 0 Å². The molecule has 0 saturated heterocycles. The van der Waals surface area contributed by atoms with Crippen LogP contribution in [0.1, 0.15) is 22.6 Å². The molecule has 0 bridgehead atoms. The summed E-state index contributed by atoms with van der Waals surface area (Å²) in [4.78, 5) is 12.5. The Morgan fingerprint density at radius 2 is 1.80 bits per heavy atom. The van der Waals surface area contributed by atoms with Crippen molar-refractivity contribution in [1.82, 2.24) is 0 Å². The first-order valence-corrected chi connectivity index (χ1v) is 7.45. The molecule has 20 heavy (non-hydrogen) atoms. The van der Waals surface area contributed by atoms with Crippen molar-refractivity contribution in [2.24, 2.45) is 5.73 Å². The van der Waals surface area contributed by atoms with Gasteiger partial charge in [0.25, 0.3) is 0 Å². The summed E-state index contributed by atoms with van der Waals surface area (Å²) in [5.74, 6) is -0.419. The van der Waals surface area contributed by atoms with Gasteiger partial charge in [0, 0.05) is 16.6 Å². The molecule has 0 amide bonds. The van der Waals surface area contributed by atoms with Crippen molar-refractivity contribution in [2.75, 3.05) is 0 Å². The van der Waals surface area contributed by atoms with E-state index in [1.54, 1.807) is 11.8 Å². The maximum absolute atomic E-state index is 11.4. The molecule has 2 aromatic rings. The summed E-state index contributed by atoms with van der Waals surface area (Å²) in [7, 11) is 0. The molecule has 0 spiro atoms. The number of carboxylic acids is 1. The molecule has 0 fully saturated rings. The Labute approximate surface area is 121 Å². The lowest BCUT2D eigenvalue weighted by atomic mass is 9.83. The highest BCUT2D eigenvalue weighted by Gasteiger charge is 2.32. The largest absolute Gasteiger partial charge is 0.480 e. The van der Waals surface area contributed by atoms with Crippen LogP contribution in [0.2, 0.25) is 0 Å². The first-order chi connectivity index (χ1) is 9.68. The first kappa shape index (κ1) is 13.2. The van der Waals surface area contributed by atoms with Crippen LogP contribution in [0, 0.1) is 0 Å². The van der Waals surface area contributed by atoms with E-state index in [-0.39, 0.29) is 5.92 Å². The van der Waals surface area contributed by atoms with Crippen LogP contribution in [0.3, 0.4) is 0 Å². The minimum atomic E-state index is -0.966. The standard InChI is InChI=1S/C16H15NO2S/c17-15(16(18)19)14-11-6-2-1-5-10(11)9-20-13-8-4-3-7-12(13)14/h1-8,14-15H,9,17H2,(H,18,19). The van der Waals surface area contributed by atoms with Crippen LogP contribution in [0.25, 0.3) is 0 Å². The molecule has 1 aliphatic heterocycles. The molecule has 0 radical (unpaired) electrons. The topological polar surface area (TPSA) is 63.3 Å². The molecule has 0 aromatic heterocycles. The highest BCUT2D eigenvalue weighted by Crippen LogP contribution is 2.41. The number of aliphatic carboxylic acids is 1. The monoisotopic (exact) mass is 285 g/mol. The Balaban J connectivity index is 2.21. The lowest BCUT2D eigenvalue weighted by Gasteiger charge is -2.23. The van der Waals surface area contributed by atoms with Gasteiger partial charge < -0.3 is 10.8 Å². The zero-order chi connectivity index (χ0) is 14.1. The molecule has 3 nitrogen and oxygen atoms in total. The quantitative estimate of drug-likeness (QED) is 0.890. The summed E-state index contributed by atoms with van der Waals surface area (Å²) in [6.07, 6.45) is 0. The minimum absolute atomic E-state index is 0.296. The Kier molecular flexibility index (Phi) is 3.51. The molecule has 102 valence electrons. The SMILES string of the molecule is NC(C(=O)O)C1c2ccccc2CSc2ccccc21. The average Bonchev–Trinajstić information content (AvgIpc) is 2.63. The molecular weight excluding hydrogens is 270 g/mol. The second-order valence-electron chi connectivity index (χ2n) is 4.87. The van der Waals surface area contributed by atoms with Gasteiger partial charge in [0.1, 0.15) is 6.04 Å². The van der Waals surface area contributed by atoms with Crippen molar-refractivity contribution < 1.29 is 9.90 Å². The van der Waals surface area contributed by atoms with Crippen molar-refractivity contribution in [3.05, 3.63) is 65.2 Å². The van der Waals surface area contributed by atoms with Gasteiger partial charge in [-0.05, 0) is 22.8 Å². The van der Waals surface area contributed by atoms with Crippen LogP contribution in [0.5, 0.6) is 0 Å². The molecule has 4 heteroatoms. The predicted octanol–water partition coefficient (Wildman–Crippen LogP) is 2.84. The van der Waals surface area contributed by atoms with Crippen molar-refractivity contribution in [2.45, 2.75) is 22.6 Å². The van der Waals surface area contributed by atoms with E-state index in [1.165, 1.54) is 0 Å². The van der Waals surface area contributed by atoms with Crippen molar-refractivity contribution >= 4 is 17.7 Å². The molecule has 2 atom stereocenters. The fourth-order valence-corrected chi connectivity index (χ4v) is 3.80. The van der Waals surface area contributed by atoms with E-state index in [0.29, 0.717) is 0 Å². The lowest BCUT2D eigenvalue weighted by molar-refractivity contribution is -0.138. The Bertz CT molecular complexity index is 609. The molecule has 2 aromatic carbocycles. The number of fused-ring (bicyclic) bond motifs is 2. The van der Waals surface area contributed by atoms with Crippen molar-refractivity contribution in [1.29, 1.82) is 0 Å². The Morgan fingerprint density at radius 1 is 1.15 bits per heavy atom. The third-order valence-electron chi connectivity index (χ3n) is 3.67. The van der Waals surface area contributed by atoms with E-state index >= 15 is 0 Å². The Hall–Kier alpha value is -1.78. The van der Waals surface area contributed by atoms with Crippen LogP contribution in [-0.4, -0.2) is 17.1 Å². The smallest absolute Gasteiger partial charge is 0.321 e. The van der Waals surface area contributed by atoms with Gasteiger partial charge in [-0.25, -0.2) is 0 Å². The zero-order valence-corrected chi connectivity index (χ0v) is 11.6. The number of benzene rings is 2. The Morgan fingerprint density at radius 3 is 2.55 bits per heavy atom. The van der Waals surface area contributed by atoms with E-state index in [2.05, 4.69) is 6.07 Å². The van der Waals surface area contributed by atoms with Gasteiger partial charge in [0.05, 0.1) is 0 Å². The molecule has 3 rings (SSSR count). The summed E-state index contributed by atoms with van der Waals surface area (Å²) in [6.45, 7) is 0. The van der Waals surface area contributed by atoms with Crippen LogP contribution in [0.15, 0.2) is 53.4 Å². The molecule has 0 saturated carbocycles. The van der Waals surface area contributed by atoms with Gasteiger partial charge in [-0.2, -0.15) is 0 Å². The minimum Gasteiger partial charge on any atom is -0.480 e. The van der Waals surface area contributed by atoms with Crippen molar-refractivity contribution in [3.8, 4) is 0 Å². The number of thioether (sulfide) groups is 1. The zero-order valence-electron chi connectivity index (χ0n) is 10.8. The summed E-state index contributed by atoms with van der Waals surface area (Å²) in [5.41, 5.74) is 9.18. The fraction of sp³-hybridized carbons (Fsp3) is 0.188. The molecule has 1 heterocycles. The van der Waals surface area contributed by atoms with E-state index in [4.69, 9.17) is 5.73 Å². The van der Waals surface area contributed by atoms with Gasteiger partial charge in [0.2, 0.25) is 0 Å². The summed E-state index contributed by atoms with van der Waals surface area (Å²) < 4.78 is 0. The van der Waals surface area contributed by atoms with E-state index < -0.39 is 12.0 Å². The number of rotatable bonds is 2. The third kappa shape index (κ3) is 2.21. The summed E-state index contributed by atoms with van der Waals surface area (Å²) >= 11 is 1.74. The molecular formula is C16H15NO2S. The highest BCUT2D eigenvalue weighted by molar-refractivity contribution is 7.98. The number of nitrogens with two attached hydrogens (primary N) is 1. The van der Waals surface area contributed by atoms with Crippen LogP contribution >= 0.6 is 11.8 Å². The van der Waals surface area contributed by atoms with E-state index in [0.717, 1.165) is 27.3 Å². The molecule has 0 aliphatic carbocycles. The molecule has 3 N–H and O–H groups in total. The van der Waals surface area contributed by atoms with Gasteiger partial charge in [-0.15, -0.1) is 11.8 Å². The van der Waals surface area contributed by atoms with Crippen LogP contribution < -0.4 is 5.73 Å². The molecule has 1 aliphatic rings. The third-order valence-corrected chi connectivity index (χ3v) is 4.81. The maximum atomic E-state index is 11.4. The van der Waals surface area contributed by atoms with Gasteiger partial charge in [-0.3, -0.25) is 4.79 Å². The van der Waals surface area contributed by atoms with Gasteiger partial charge in [-0.1, -0.05) is 42.5 Å². The van der Waals surface area contributed by atoms with Gasteiger partial charge >= 0.3 is 5.97 Å². The predicted molar refractivity (Wildman–Crippen MR) is 79.9 cm³/mol. The second-order valence-corrected chi connectivity index (χ2v) is 5.88. The average molecular weight is 285 g/mol. The highest BCUT2D eigenvalue weighted by atomic mass is 32.2. The number of carbonyl (C=O) groups is 1. The van der Waals surface area contributed by atoms with E-state index in [1.807, 2.05) is 42.5 Å². The lowest BCUT2D eigenvalue weighted by Crippen LogP contribution is -2.37. The van der Waals surface area contributed by atoms with Gasteiger partial charge in [0.15, 0.2) is 0 Å². The summed E-state index contributed by atoms with van der Waals surface area (Å²) in [6, 6.07) is 15.0. The number of hydrogen-bond acceptors (Lipinski definition) is 3. The normalized spacial score (nSPS) is 18.6. The van der Waals surface area contributed by atoms with Crippen LogP contribution in [0.4, 0.5) is 0 Å². The second kappa shape index (κ2) is 5.31. The maximum Gasteiger partial charge on any atom is 0.321 e. The van der Waals surface area contributed by atoms with E-state index in [9.17, 15) is 9.90 Å². The first-order valence-electron chi connectivity index (χ1n) is 6.46. The van der Waals surface area contributed by atoms with Crippen LogP contribution in [-0.2, 0) is 10.5 Å². The number of carboxylic acid groups (broad SMARTS) is 1. The molecule has 2 unspecified atom stereocenters.